The Morgan fingerprint density at radius 2 is 1.67 bits per heavy atom. The second-order valence-corrected chi connectivity index (χ2v) is 7.04. The van der Waals surface area contributed by atoms with Crippen molar-refractivity contribution >= 4 is 12.0 Å². The average Bonchev–Trinajstić information content (AvgIpc) is 2.36. The molecule has 1 aliphatic heterocycles. The smallest absolute Gasteiger partial charge is 0.317 e. The molecule has 0 aromatic heterocycles. The second kappa shape index (κ2) is 7.11. The average molecular weight is 299 g/mol. The molecule has 0 saturated carbocycles. The highest BCUT2D eigenvalue weighted by molar-refractivity contribution is 5.76. The first-order valence-electron chi connectivity index (χ1n) is 7.63. The highest BCUT2D eigenvalue weighted by Gasteiger charge is 2.29. The second-order valence-electron chi connectivity index (χ2n) is 7.04. The van der Waals surface area contributed by atoms with Crippen molar-refractivity contribution in [3.8, 4) is 0 Å². The van der Waals surface area contributed by atoms with Crippen LogP contribution < -0.4 is 5.32 Å². The fraction of sp³-hybridized carbons (Fsp3) is 0.867. The first-order valence-corrected chi connectivity index (χ1v) is 7.63. The highest BCUT2D eigenvalue weighted by Crippen LogP contribution is 2.16. The lowest BCUT2D eigenvalue weighted by Crippen LogP contribution is -2.57. The topological polar surface area (TPSA) is 72.9 Å². The fourth-order valence-corrected chi connectivity index (χ4v) is 2.47. The Labute approximate surface area is 127 Å². The van der Waals surface area contributed by atoms with Crippen LogP contribution in [0.5, 0.6) is 0 Å². The number of carboxylic acid groups (broad SMARTS) is 1. The maximum atomic E-state index is 12.3. The predicted octanol–water partition coefficient (Wildman–Crippen LogP) is 1.61. The molecule has 0 bridgehead atoms. The number of hydrogen-bond donors (Lipinski definition) is 2. The van der Waals surface area contributed by atoms with E-state index in [9.17, 15) is 9.59 Å². The minimum atomic E-state index is -0.883. The Balaban J connectivity index is 2.51. The Morgan fingerprint density at radius 3 is 2.05 bits per heavy atom. The molecule has 1 heterocycles. The molecule has 0 aliphatic carbocycles. The number of carbonyl (C=O) groups excluding carboxylic acids is 1. The molecule has 1 unspecified atom stereocenters. The van der Waals surface area contributed by atoms with Crippen molar-refractivity contribution in [3.05, 3.63) is 0 Å². The van der Waals surface area contributed by atoms with Gasteiger partial charge in [0.2, 0.25) is 0 Å². The van der Waals surface area contributed by atoms with Gasteiger partial charge >= 0.3 is 12.0 Å². The summed E-state index contributed by atoms with van der Waals surface area (Å²) in [6.07, 6.45) is -0.0363. The van der Waals surface area contributed by atoms with E-state index in [4.69, 9.17) is 5.11 Å². The van der Waals surface area contributed by atoms with Gasteiger partial charge in [-0.3, -0.25) is 9.69 Å². The SMILES string of the molecule is CC(C)C(CC(=O)O)NC(=O)N1CCN(C(C)(C)C)CC1. The number of nitrogens with zero attached hydrogens (tertiary/aromatic N) is 2. The van der Waals surface area contributed by atoms with Crippen LogP contribution in [-0.2, 0) is 4.79 Å². The van der Waals surface area contributed by atoms with Crippen molar-refractivity contribution in [1.82, 2.24) is 15.1 Å². The number of carboxylic acids is 1. The van der Waals surface area contributed by atoms with Crippen LogP contribution in [0.2, 0.25) is 0 Å². The Hall–Kier alpha value is -1.30. The Kier molecular flexibility index (Phi) is 6.01. The molecule has 1 fully saturated rings. The number of urea groups is 1. The Bertz CT molecular complexity index is 369. The van der Waals surface area contributed by atoms with Crippen molar-refractivity contribution < 1.29 is 14.7 Å². The van der Waals surface area contributed by atoms with E-state index < -0.39 is 5.97 Å². The van der Waals surface area contributed by atoms with Crippen LogP contribution in [0.15, 0.2) is 0 Å². The first-order chi connectivity index (χ1) is 9.61. The number of aliphatic carboxylic acids is 1. The number of carbonyl (C=O) groups is 2. The molecule has 6 heteroatoms. The third-order valence-corrected chi connectivity index (χ3v) is 4.02. The first kappa shape index (κ1) is 17.8. The van der Waals surface area contributed by atoms with E-state index in [2.05, 4.69) is 31.0 Å². The summed E-state index contributed by atoms with van der Waals surface area (Å²) in [6.45, 7) is 13.4. The van der Waals surface area contributed by atoms with E-state index in [1.54, 1.807) is 4.90 Å². The van der Waals surface area contributed by atoms with E-state index >= 15 is 0 Å². The maximum absolute atomic E-state index is 12.3. The van der Waals surface area contributed by atoms with E-state index in [1.165, 1.54) is 0 Å². The summed E-state index contributed by atoms with van der Waals surface area (Å²) >= 11 is 0. The lowest BCUT2D eigenvalue weighted by atomic mass is 10.0. The highest BCUT2D eigenvalue weighted by atomic mass is 16.4. The Morgan fingerprint density at radius 1 is 1.14 bits per heavy atom. The fourth-order valence-electron chi connectivity index (χ4n) is 2.47. The van der Waals surface area contributed by atoms with Crippen molar-refractivity contribution in [2.24, 2.45) is 5.92 Å². The molecule has 0 aromatic carbocycles. The van der Waals surface area contributed by atoms with Gasteiger partial charge in [0.15, 0.2) is 0 Å². The van der Waals surface area contributed by atoms with Gasteiger partial charge < -0.3 is 15.3 Å². The predicted molar refractivity (Wildman–Crippen MR) is 82.3 cm³/mol. The van der Waals surface area contributed by atoms with Gasteiger partial charge in [-0.1, -0.05) is 13.8 Å². The summed E-state index contributed by atoms with van der Waals surface area (Å²) in [6, 6.07) is -0.473. The molecule has 1 atom stereocenters. The summed E-state index contributed by atoms with van der Waals surface area (Å²) in [5.74, 6) is -0.785. The van der Waals surface area contributed by atoms with Gasteiger partial charge in [0, 0.05) is 37.8 Å². The van der Waals surface area contributed by atoms with Crippen molar-refractivity contribution in [2.75, 3.05) is 26.2 Å². The normalized spacial score (nSPS) is 18.7. The lowest BCUT2D eigenvalue weighted by molar-refractivity contribution is -0.137. The van der Waals surface area contributed by atoms with Crippen LogP contribution in [0.25, 0.3) is 0 Å². The number of rotatable bonds is 4. The molecule has 6 nitrogen and oxygen atoms in total. The summed E-state index contributed by atoms with van der Waals surface area (Å²) in [5.41, 5.74) is 0.117. The van der Waals surface area contributed by atoms with Crippen molar-refractivity contribution in [2.45, 2.75) is 52.6 Å². The molecule has 1 saturated heterocycles. The quantitative estimate of drug-likeness (QED) is 0.827. The van der Waals surface area contributed by atoms with E-state index in [0.29, 0.717) is 13.1 Å². The van der Waals surface area contributed by atoms with Gasteiger partial charge in [-0.15, -0.1) is 0 Å². The monoisotopic (exact) mass is 299 g/mol. The minimum absolute atomic E-state index is 0.0363. The van der Waals surface area contributed by atoms with Crippen LogP contribution >= 0.6 is 0 Å². The van der Waals surface area contributed by atoms with Crippen LogP contribution in [0.3, 0.4) is 0 Å². The van der Waals surface area contributed by atoms with Gasteiger partial charge in [0.1, 0.15) is 0 Å². The number of amides is 2. The zero-order valence-electron chi connectivity index (χ0n) is 13.8. The van der Waals surface area contributed by atoms with Gasteiger partial charge in [-0.25, -0.2) is 4.79 Å². The molecular formula is C15H29N3O3. The number of piperazine rings is 1. The van der Waals surface area contributed by atoms with E-state index in [1.807, 2.05) is 13.8 Å². The van der Waals surface area contributed by atoms with E-state index in [-0.39, 0.29) is 30.0 Å². The molecule has 2 N–H and O–H groups in total. The molecule has 122 valence electrons. The summed E-state index contributed by atoms with van der Waals surface area (Å²) < 4.78 is 0. The van der Waals surface area contributed by atoms with Crippen molar-refractivity contribution in [3.63, 3.8) is 0 Å². The van der Waals surface area contributed by atoms with Crippen LogP contribution in [0.1, 0.15) is 41.0 Å². The van der Waals surface area contributed by atoms with E-state index in [0.717, 1.165) is 13.1 Å². The lowest BCUT2D eigenvalue weighted by Gasteiger charge is -2.42. The molecule has 0 radical (unpaired) electrons. The summed E-state index contributed by atoms with van der Waals surface area (Å²) in [4.78, 5) is 27.2. The molecule has 0 spiro atoms. The standard InChI is InChI=1S/C15H29N3O3/c1-11(2)12(10-13(19)20)16-14(21)17-6-8-18(9-7-17)15(3,4)5/h11-12H,6-10H2,1-5H3,(H,16,21)(H,19,20). The molecule has 1 rings (SSSR count). The van der Waals surface area contributed by atoms with Gasteiger partial charge in [-0.2, -0.15) is 0 Å². The van der Waals surface area contributed by atoms with Crippen LogP contribution in [0.4, 0.5) is 4.79 Å². The van der Waals surface area contributed by atoms with Crippen LogP contribution in [0, 0.1) is 5.92 Å². The van der Waals surface area contributed by atoms with Gasteiger partial charge in [0.25, 0.3) is 0 Å². The number of hydrogen-bond acceptors (Lipinski definition) is 3. The van der Waals surface area contributed by atoms with Crippen LogP contribution in [-0.4, -0.2) is 64.7 Å². The van der Waals surface area contributed by atoms with Gasteiger partial charge in [-0.05, 0) is 26.7 Å². The summed E-state index contributed by atoms with van der Waals surface area (Å²) in [5, 5.41) is 11.8. The largest absolute Gasteiger partial charge is 0.481 e. The zero-order chi connectivity index (χ0) is 16.2. The van der Waals surface area contributed by atoms with Gasteiger partial charge in [0.05, 0.1) is 6.42 Å². The third kappa shape index (κ3) is 5.53. The third-order valence-electron chi connectivity index (χ3n) is 4.02. The molecule has 21 heavy (non-hydrogen) atoms. The minimum Gasteiger partial charge on any atom is -0.481 e. The van der Waals surface area contributed by atoms with Crippen molar-refractivity contribution in [1.29, 1.82) is 0 Å². The number of nitrogens with one attached hydrogen (secondary N) is 1. The maximum Gasteiger partial charge on any atom is 0.317 e. The summed E-state index contributed by atoms with van der Waals surface area (Å²) in [7, 11) is 0. The molecular weight excluding hydrogens is 270 g/mol. The molecule has 2 amide bonds. The molecule has 0 aromatic rings. The zero-order valence-corrected chi connectivity index (χ0v) is 13.8. The molecule has 1 aliphatic rings.